The molecule has 0 N–H and O–H groups in total. The first-order valence-electron chi connectivity index (χ1n) is 7.60. The minimum atomic E-state index is -0.519. The number of hydrogen-bond donors (Lipinski definition) is 0. The SMILES string of the molecule is C#CCOC(=O)c1cc(I)c(OCc2ccc(Cl)cc2Cl)c(OCC)c1. The molecule has 0 aliphatic heterocycles. The third-order valence-electron chi connectivity index (χ3n) is 3.22. The lowest BCUT2D eigenvalue weighted by molar-refractivity contribution is 0.0556. The van der Waals surface area contributed by atoms with Gasteiger partial charge in [-0.15, -0.1) is 6.42 Å². The van der Waals surface area contributed by atoms with Crippen LogP contribution in [0.5, 0.6) is 11.5 Å². The average molecular weight is 505 g/mol. The van der Waals surface area contributed by atoms with Gasteiger partial charge in [-0.3, -0.25) is 0 Å². The van der Waals surface area contributed by atoms with Crippen LogP contribution in [0, 0.1) is 15.9 Å². The van der Waals surface area contributed by atoms with Crippen molar-refractivity contribution >= 4 is 51.8 Å². The first-order valence-corrected chi connectivity index (χ1v) is 9.43. The summed E-state index contributed by atoms with van der Waals surface area (Å²) in [5.74, 6) is 2.70. The van der Waals surface area contributed by atoms with E-state index in [-0.39, 0.29) is 13.2 Å². The van der Waals surface area contributed by atoms with Gasteiger partial charge in [0.05, 0.1) is 15.7 Å². The van der Waals surface area contributed by atoms with Gasteiger partial charge in [-0.1, -0.05) is 35.2 Å². The fourth-order valence-electron chi connectivity index (χ4n) is 2.07. The van der Waals surface area contributed by atoms with Crippen molar-refractivity contribution < 1.29 is 19.0 Å². The highest BCUT2D eigenvalue weighted by molar-refractivity contribution is 14.1. The molecule has 0 aliphatic carbocycles. The molecule has 2 aromatic rings. The topological polar surface area (TPSA) is 44.8 Å². The van der Waals surface area contributed by atoms with Gasteiger partial charge in [-0.05, 0) is 53.8 Å². The predicted octanol–water partition coefficient (Wildman–Crippen LogP) is 5.37. The summed E-state index contributed by atoms with van der Waals surface area (Å²) in [7, 11) is 0. The van der Waals surface area contributed by atoms with E-state index in [9.17, 15) is 4.79 Å². The molecule has 4 nitrogen and oxygen atoms in total. The lowest BCUT2D eigenvalue weighted by Crippen LogP contribution is -2.08. The predicted molar refractivity (Wildman–Crippen MR) is 110 cm³/mol. The quantitative estimate of drug-likeness (QED) is 0.289. The molecule has 0 heterocycles. The van der Waals surface area contributed by atoms with Crippen molar-refractivity contribution in [2.45, 2.75) is 13.5 Å². The Balaban J connectivity index is 2.26. The number of ether oxygens (including phenoxy) is 3. The average Bonchev–Trinajstić information content (AvgIpc) is 2.60. The van der Waals surface area contributed by atoms with Crippen LogP contribution in [0.4, 0.5) is 0 Å². The summed E-state index contributed by atoms with van der Waals surface area (Å²) < 4.78 is 17.2. The Kier molecular flexibility index (Phi) is 7.88. The van der Waals surface area contributed by atoms with Gasteiger partial charge >= 0.3 is 5.97 Å². The van der Waals surface area contributed by atoms with E-state index >= 15 is 0 Å². The van der Waals surface area contributed by atoms with E-state index in [1.165, 1.54) is 0 Å². The standard InChI is InChI=1S/C19H15Cl2IO4/c1-3-7-25-19(23)13-8-16(22)18(17(9-13)24-4-2)26-11-12-5-6-14(20)10-15(12)21/h1,5-6,8-10H,4,7,11H2,2H3. The van der Waals surface area contributed by atoms with Crippen molar-refractivity contribution in [2.24, 2.45) is 0 Å². The third-order valence-corrected chi connectivity index (χ3v) is 4.61. The van der Waals surface area contributed by atoms with Crippen molar-refractivity contribution in [1.29, 1.82) is 0 Å². The minimum Gasteiger partial charge on any atom is -0.490 e. The molecule has 0 radical (unpaired) electrons. The van der Waals surface area contributed by atoms with E-state index in [2.05, 4.69) is 28.5 Å². The summed E-state index contributed by atoms with van der Waals surface area (Å²) in [6.07, 6.45) is 5.11. The maximum atomic E-state index is 12.0. The molecule has 0 aromatic heterocycles. The molecule has 0 aliphatic rings. The van der Waals surface area contributed by atoms with E-state index < -0.39 is 5.97 Å². The molecule has 0 saturated carbocycles. The molecule has 2 rings (SSSR count). The normalized spacial score (nSPS) is 10.1. The summed E-state index contributed by atoms with van der Waals surface area (Å²) in [6.45, 7) is 2.40. The molecule has 136 valence electrons. The molecule has 2 aromatic carbocycles. The van der Waals surface area contributed by atoms with Crippen LogP contribution in [0.2, 0.25) is 10.0 Å². The summed E-state index contributed by atoms with van der Waals surface area (Å²) >= 11 is 14.2. The zero-order valence-electron chi connectivity index (χ0n) is 13.9. The van der Waals surface area contributed by atoms with Crippen LogP contribution in [-0.2, 0) is 11.3 Å². The molecule has 0 unspecified atom stereocenters. The summed E-state index contributed by atoms with van der Waals surface area (Å²) in [5, 5.41) is 1.07. The number of benzene rings is 2. The Morgan fingerprint density at radius 1 is 1.23 bits per heavy atom. The van der Waals surface area contributed by atoms with Crippen LogP contribution in [0.1, 0.15) is 22.8 Å². The zero-order valence-corrected chi connectivity index (χ0v) is 17.5. The van der Waals surface area contributed by atoms with Gasteiger partial charge in [-0.25, -0.2) is 4.79 Å². The van der Waals surface area contributed by atoms with Crippen molar-refractivity contribution in [3.8, 4) is 23.8 Å². The first kappa shape index (κ1) is 20.7. The minimum absolute atomic E-state index is 0.0906. The van der Waals surface area contributed by atoms with E-state index in [1.54, 1.807) is 30.3 Å². The molecule has 0 fully saturated rings. The largest absolute Gasteiger partial charge is 0.490 e. The second kappa shape index (κ2) is 9.91. The van der Waals surface area contributed by atoms with Gasteiger partial charge in [0.15, 0.2) is 18.1 Å². The highest BCUT2D eigenvalue weighted by Gasteiger charge is 2.17. The monoisotopic (exact) mass is 504 g/mol. The number of halogens is 3. The van der Waals surface area contributed by atoms with Gasteiger partial charge in [0, 0.05) is 15.6 Å². The van der Waals surface area contributed by atoms with Crippen molar-refractivity contribution in [2.75, 3.05) is 13.2 Å². The molecule has 26 heavy (non-hydrogen) atoms. The molecule has 0 amide bonds. The first-order chi connectivity index (χ1) is 12.5. The molecular weight excluding hydrogens is 490 g/mol. The summed E-state index contributed by atoms with van der Waals surface area (Å²) in [5.41, 5.74) is 1.12. The van der Waals surface area contributed by atoms with Gasteiger partial charge in [-0.2, -0.15) is 0 Å². The highest BCUT2D eigenvalue weighted by atomic mass is 127. The van der Waals surface area contributed by atoms with E-state index in [1.807, 2.05) is 6.92 Å². The van der Waals surface area contributed by atoms with Gasteiger partial charge in [0.1, 0.15) is 6.61 Å². The van der Waals surface area contributed by atoms with E-state index in [4.69, 9.17) is 43.8 Å². The second-order valence-corrected chi connectivity index (χ2v) is 7.03. The van der Waals surface area contributed by atoms with Crippen LogP contribution in [0.25, 0.3) is 0 Å². The molecule has 7 heteroatoms. The van der Waals surface area contributed by atoms with Crippen LogP contribution in [-0.4, -0.2) is 19.2 Å². The van der Waals surface area contributed by atoms with Gasteiger partial charge < -0.3 is 14.2 Å². The number of rotatable bonds is 7. The maximum absolute atomic E-state index is 12.0. The van der Waals surface area contributed by atoms with Crippen LogP contribution in [0.3, 0.4) is 0 Å². The molecule has 0 saturated heterocycles. The van der Waals surface area contributed by atoms with Crippen LogP contribution in [0.15, 0.2) is 30.3 Å². The zero-order chi connectivity index (χ0) is 19.1. The molecule has 0 spiro atoms. The number of hydrogen-bond acceptors (Lipinski definition) is 4. The summed E-state index contributed by atoms with van der Waals surface area (Å²) in [4.78, 5) is 12.0. The van der Waals surface area contributed by atoms with E-state index in [0.717, 1.165) is 5.56 Å². The lowest BCUT2D eigenvalue weighted by Gasteiger charge is -2.15. The third kappa shape index (κ3) is 5.44. The van der Waals surface area contributed by atoms with Crippen molar-refractivity contribution in [3.05, 3.63) is 55.1 Å². The maximum Gasteiger partial charge on any atom is 0.339 e. The second-order valence-electron chi connectivity index (χ2n) is 5.02. The number of carbonyl (C=O) groups is 1. The number of terminal acetylenes is 1. The lowest BCUT2D eigenvalue weighted by atomic mass is 10.2. The Bertz CT molecular complexity index is 846. The summed E-state index contributed by atoms with van der Waals surface area (Å²) in [6, 6.07) is 8.42. The Morgan fingerprint density at radius 3 is 2.65 bits per heavy atom. The highest BCUT2D eigenvalue weighted by Crippen LogP contribution is 2.35. The molecular formula is C19H15Cl2IO4. The van der Waals surface area contributed by atoms with Crippen molar-refractivity contribution in [3.63, 3.8) is 0 Å². The Morgan fingerprint density at radius 2 is 2.00 bits per heavy atom. The Hall–Kier alpha value is -1.62. The number of carbonyl (C=O) groups excluding carboxylic acids is 1. The van der Waals surface area contributed by atoms with Crippen LogP contribution >= 0.6 is 45.8 Å². The fourth-order valence-corrected chi connectivity index (χ4v) is 3.29. The van der Waals surface area contributed by atoms with Crippen molar-refractivity contribution in [1.82, 2.24) is 0 Å². The van der Waals surface area contributed by atoms with Gasteiger partial charge in [0.2, 0.25) is 0 Å². The molecule has 0 bridgehead atoms. The number of esters is 1. The van der Waals surface area contributed by atoms with Crippen LogP contribution < -0.4 is 9.47 Å². The van der Waals surface area contributed by atoms with E-state index in [0.29, 0.717) is 37.3 Å². The fraction of sp³-hybridized carbons (Fsp3) is 0.211. The smallest absolute Gasteiger partial charge is 0.339 e. The Labute approximate surface area is 175 Å². The molecule has 0 atom stereocenters. The van der Waals surface area contributed by atoms with Gasteiger partial charge in [0.25, 0.3) is 0 Å².